The number of hydrogen-bond acceptors (Lipinski definition) is 4. The highest BCUT2D eigenvalue weighted by Gasteiger charge is 2.16. The summed E-state index contributed by atoms with van der Waals surface area (Å²) < 4.78 is 15.7. The average Bonchev–Trinajstić information content (AvgIpc) is 2.95. The van der Waals surface area contributed by atoms with Crippen LogP contribution in [0.2, 0.25) is 0 Å². The molecule has 39 heavy (non-hydrogen) atoms. The molecule has 0 bridgehead atoms. The molecule has 1 amide bonds. The molecule has 1 heterocycles. The number of aryl methyl sites for hydroxylation is 1. The van der Waals surface area contributed by atoms with Crippen LogP contribution in [0.1, 0.15) is 40.8 Å². The quantitative estimate of drug-likeness (QED) is 0.126. The molecule has 0 N–H and O–H groups in total. The van der Waals surface area contributed by atoms with Gasteiger partial charge in [0.25, 0.3) is 5.56 Å². The van der Waals surface area contributed by atoms with Crippen LogP contribution in [0.3, 0.4) is 0 Å². The number of aromatic nitrogens is 2. The maximum absolute atomic E-state index is 14.1. The average molecular weight is 544 g/mol. The largest absolute Gasteiger partial charge is 0.338 e. The van der Waals surface area contributed by atoms with Crippen LogP contribution in [0.25, 0.3) is 0 Å². The van der Waals surface area contributed by atoms with Crippen LogP contribution < -0.4 is 5.56 Å². The van der Waals surface area contributed by atoms with Crippen molar-refractivity contribution < 1.29 is 9.18 Å². The van der Waals surface area contributed by atoms with Crippen LogP contribution in [0.4, 0.5) is 4.39 Å². The van der Waals surface area contributed by atoms with Gasteiger partial charge in [-0.05, 0) is 42.5 Å². The number of rotatable bonds is 12. The summed E-state index contributed by atoms with van der Waals surface area (Å²) in [5.74, 6) is 0.455. The number of benzene rings is 3. The minimum atomic E-state index is -0.327. The molecule has 3 aromatic carbocycles. The number of hydrogen-bond donors (Lipinski definition) is 0. The van der Waals surface area contributed by atoms with E-state index < -0.39 is 0 Å². The molecule has 1 aromatic heterocycles. The van der Waals surface area contributed by atoms with E-state index in [1.807, 2.05) is 53.4 Å². The highest BCUT2D eigenvalue weighted by molar-refractivity contribution is 7.99. The first kappa shape index (κ1) is 28.3. The Labute approximate surface area is 233 Å². The van der Waals surface area contributed by atoms with Gasteiger partial charge < -0.3 is 4.90 Å². The van der Waals surface area contributed by atoms with Crippen LogP contribution in [0.15, 0.2) is 94.9 Å². The number of amides is 1. The van der Waals surface area contributed by atoms with Crippen LogP contribution >= 0.6 is 11.8 Å². The molecule has 0 fully saturated rings. The second-order valence-corrected chi connectivity index (χ2v) is 10.6. The molecular weight excluding hydrogens is 509 g/mol. The molecular formula is C32H34FN3O2S. The van der Waals surface area contributed by atoms with Crippen molar-refractivity contribution in [2.45, 2.75) is 44.3 Å². The van der Waals surface area contributed by atoms with Crippen molar-refractivity contribution in [2.24, 2.45) is 7.05 Å². The molecule has 0 atom stereocenters. The maximum Gasteiger partial charge on any atom is 0.257 e. The lowest BCUT2D eigenvalue weighted by atomic mass is 10.0. The summed E-state index contributed by atoms with van der Waals surface area (Å²) in [6.45, 7) is 3.03. The first-order valence-corrected chi connectivity index (χ1v) is 14.2. The zero-order valence-electron chi connectivity index (χ0n) is 22.5. The maximum atomic E-state index is 14.1. The highest BCUT2D eigenvalue weighted by Crippen LogP contribution is 2.19. The SMILES string of the molecule is Cc1nc(SCCCC(=O)N(CCc2ccccc2)Cc2ccccc2)n(C)c(=O)c1Cc1ccccc1F. The fraction of sp³-hybridized carbons (Fsp3) is 0.281. The molecule has 0 aliphatic rings. The van der Waals surface area contributed by atoms with Gasteiger partial charge in [0.2, 0.25) is 5.91 Å². The third-order valence-electron chi connectivity index (χ3n) is 6.72. The number of carbonyl (C=O) groups is 1. The number of halogens is 1. The van der Waals surface area contributed by atoms with Gasteiger partial charge in [0.1, 0.15) is 5.82 Å². The van der Waals surface area contributed by atoms with Crippen molar-refractivity contribution >= 4 is 17.7 Å². The lowest BCUT2D eigenvalue weighted by Crippen LogP contribution is -2.32. The van der Waals surface area contributed by atoms with Crippen molar-refractivity contribution in [2.75, 3.05) is 12.3 Å². The van der Waals surface area contributed by atoms with Gasteiger partial charge in [-0.15, -0.1) is 0 Å². The summed E-state index contributed by atoms with van der Waals surface area (Å²) in [6, 6.07) is 26.7. The summed E-state index contributed by atoms with van der Waals surface area (Å²) in [6.07, 6.45) is 2.11. The van der Waals surface area contributed by atoms with E-state index in [9.17, 15) is 14.0 Å². The Balaban J connectivity index is 1.35. The molecule has 4 rings (SSSR count). The fourth-order valence-electron chi connectivity index (χ4n) is 4.44. The minimum absolute atomic E-state index is 0.119. The van der Waals surface area contributed by atoms with Crippen molar-refractivity contribution in [1.29, 1.82) is 0 Å². The van der Waals surface area contributed by atoms with Gasteiger partial charge in [-0.3, -0.25) is 14.2 Å². The number of carbonyl (C=O) groups excluding carboxylic acids is 1. The van der Waals surface area contributed by atoms with Gasteiger partial charge in [0, 0.05) is 50.0 Å². The van der Waals surface area contributed by atoms with Crippen molar-refractivity contribution in [3.8, 4) is 0 Å². The summed E-state index contributed by atoms with van der Waals surface area (Å²) in [5, 5.41) is 0.604. The molecule has 0 spiro atoms. The zero-order chi connectivity index (χ0) is 27.6. The molecule has 4 aromatic rings. The van der Waals surface area contributed by atoms with Crippen molar-refractivity contribution in [3.05, 3.63) is 129 Å². The van der Waals surface area contributed by atoms with E-state index in [0.717, 1.165) is 12.0 Å². The fourth-order valence-corrected chi connectivity index (χ4v) is 5.39. The summed E-state index contributed by atoms with van der Waals surface area (Å²) in [4.78, 5) is 32.8. The van der Waals surface area contributed by atoms with E-state index in [-0.39, 0.29) is 23.7 Å². The molecule has 0 radical (unpaired) electrons. The van der Waals surface area contributed by atoms with E-state index in [1.54, 1.807) is 32.2 Å². The second kappa shape index (κ2) is 13.9. The van der Waals surface area contributed by atoms with E-state index in [1.165, 1.54) is 28.0 Å². The monoisotopic (exact) mass is 543 g/mol. The molecule has 0 aliphatic heterocycles. The highest BCUT2D eigenvalue weighted by atomic mass is 32.2. The lowest BCUT2D eigenvalue weighted by molar-refractivity contribution is -0.131. The predicted octanol–water partition coefficient (Wildman–Crippen LogP) is 5.96. The second-order valence-electron chi connectivity index (χ2n) is 9.58. The molecule has 0 aliphatic carbocycles. The summed E-state index contributed by atoms with van der Waals surface area (Å²) in [5.41, 5.74) is 3.73. The van der Waals surface area contributed by atoms with E-state index >= 15 is 0 Å². The molecule has 0 saturated heterocycles. The Morgan fingerprint density at radius 2 is 1.59 bits per heavy atom. The van der Waals surface area contributed by atoms with Gasteiger partial charge in [-0.1, -0.05) is 90.6 Å². The molecule has 0 saturated carbocycles. The summed E-state index contributed by atoms with van der Waals surface area (Å²) in [7, 11) is 1.69. The third-order valence-corrected chi connectivity index (χ3v) is 7.84. The Hall–Kier alpha value is -3.71. The van der Waals surface area contributed by atoms with Gasteiger partial charge >= 0.3 is 0 Å². The summed E-state index contributed by atoms with van der Waals surface area (Å²) >= 11 is 1.47. The molecule has 5 nitrogen and oxygen atoms in total. The van der Waals surface area contributed by atoms with Crippen molar-refractivity contribution in [1.82, 2.24) is 14.5 Å². The van der Waals surface area contributed by atoms with Crippen LogP contribution in [-0.4, -0.2) is 32.7 Å². The first-order chi connectivity index (χ1) is 18.9. The number of thioether (sulfide) groups is 1. The first-order valence-electron chi connectivity index (χ1n) is 13.2. The topological polar surface area (TPSA) is 55.2 Å². The third kappa shape index (κ3) is 7.90. The normalized spacial score (nSPS) is 10.9. The van der Waals surface area contributed by atoms with Crippen LogP contribution in [-0.2, 0) is 31.2 Å². The van der Waals surface area contributed by atoms with Crippen molar-refractivity contribution in [3.63, 3.8) is 0 Å². The van der Waals surface area contributed by atoms with Gasteiger partial charge in [0.05, 0.1) is 0 Å². The van der Waals surface area contributed by atoms with Gasteiger partial charge in [-0.25, -0.2) is 9.37 Å². The lowest BCUT2D eigenvalue weighted by Gasteiger charge is -2.23. The predicted molar refractivity (Wildman–Crippen MR) is 155 cm³/mol. The minimum Gasteiger partial charge on any atom is -0.338 e. The van der Waals surface area contributed by atoms with Gasteiger partial charge in [0.15, 0.2) is 5.16 Å². The van der Waals surface area contributed by atoms with E-state index in [0.29, 0.717) is 53.7 Å². The standard InChI is InChI=1S/C32H34FN3O2S/c1-24-28(22-27-16-9-10-17-29(27)33)31(38)35(2)32(34-24)39-21-11-18-30(37)36(23-26-14-7-4-8-15-26)20-19-25-12-5-3-6-13-25/h3-10,12-17H,11,18-23H2,1-2H3. The van der Waals surface area contributed by atoms with E-state index in [2.05, 4.69) is 17.1 Å². The molecule has 7 heteroatoms. The number of nitrogens with zero attached hydrogens (tertiary/aromatic N) is 3. The Morgan fingerprint density at radius 3 is 2.28 bits per heavy atom. The smallest absolute Gasteiger partial charge is 0.257 e. The Bertz CT molecular complexity index is 1440. The van der Waals surface area contributed by atoms with Crippen LogP contribution in [0.5, 0.6) is 0 Å². The van der Waals surface area contributed by atoms with E-state index in [4.69, 9.17) is 0 Å². The molecule has 202 valence electrons. The Kier molecular flexibility index (Phi) is 10.1. The Morgan fingerprint density at radius 1 is 0.949 bits per heavy atom. The van der Waals surface area contributed by atoms with Crippen LogP contribution in [0, 0.1) is 12.7 Å². The zero-order valence-corrected chi connectivity index (χ0v) is 23.3. The molecule has 0 unspecified atom stereocenters. The van der Waals surface area contributed by atoms with Gasteiger partial charge in [-0.2, -0.15) is 0 Å².